The van der Waals surface area contributed by atoms with Gasteiger partial charge in [-0.05, 0) is 32.0 Å². The summed E-state index contributed by atoms with van der Waals surface area (Å²) in [7, 11) is 0. The first-order chi connectivity index (χ1) is 9.29. The number of halogens is 3. The molecule has 0 aliphatic rings. The van der Waals surface area contributed by atoms with Gasteiger partial charge in [0.1, 0.15) is 0 Å². The number of ether oxygens (including phenoxy) is 1. The molecule has 0 saturated carbocycles. The maximum Gasteiger partial charge on any atom is 0.416 e. The van der Waals surface area contributed by atoms with Crippen molar-refractivity contribution in [2.45, 2.75) is 32.7 Å². The Bertz CT molecular complexity index is 605. The van der Waals surface area contributed by atoms with Crippen molar-refractivity contribution in [3.63, 3.8) is 0 Å². The van der Waals surface area contributed by atoms with Crippen LogP contribution < -0.4 is 5.73 Å². The number of aromatic nitrogens is 2. The van der Waals surface area contributed by atoms with Crippen LogP contribution in [0.1, 0.15) is 19.4 Å². The molecule has 0 radical (unpaired) electrons. The van der Waals surface area contributed by atoms with E-state index in [1.165, 1.54) is 6.07 Å². The van der Waals surface area contributed by atoms with E-state index in [0.29, 0.717) is 18.7 Å². The van der Waals surface area contributed by atoms with E-state index < -0.39 is 11.7 Å². The summed E-state index contributed by atoms with van der Waals surface area (Å²) in [5, 5.41) is 0. The van der Waals surface area contributed by atoms with Crippen molar-refractivity contribution in [2.24, 2.45) is 0 Å². The Morgan fingerprint density at radius 2 is 2.05 bits per heavy atom. The van der Waals surface area contributed by atoms with Crippen LogP contribution in [0.4, 0.5) is 19.1 Å². The molecule has 0 aliphatic carbocycles. The molecular formula is C13H16F3N3O. The van der Waals surface area contributed by atoms with Crippen molar-refractivity contribution in [1.82, 2.24) is 9.55 Å². The molecule has 110 valence electrons. The second kappa shape index (κ2) is 5.32. The van der Waals surface area contributed by atoms with Crippen LogP contribution in [-0.4, -0.2) is 22.3 Å². The number of fused-ring (bicyclic) bond motifs is 1. The topological polar surface area (TPSA) is 53.1 Å². The first-order valence-electron chi connectivity index (χ1n) is 6.23. The van der Waals surface area contributed by atoms with Crippen LogP contribution in [0.3, 0.4) is 0 Å². The summed E-state index contributed by atoms with van der Waals surface area (Å²) in [5.41, 5.74) is 5.83. The van der Waals surface area contributed by atoms with Crippen LogP contribution >= 0.6 is 0 Å². The molecule has 1 aromatic carbocycles. The van der Waals surface area contributed by atoms with E-state index in [1.54, 1.807) is 4.57 Å². The number of nitrogens with two attached hydrogens (primary N) is 1. The number of hydrogen-bond acceptors (Lipinski definition) is 3. The van der Waals surface area contributed by atoms with Gasteiger partial charge < -0.3 is 15.0 Å². The second-order valence-electron chi connectivity index (χ2n) is 4.74. The van der Waals surface area contributed by atoms with Crippen LogP contribution in [-0.2, 0) is 17.5 Å². The molecule has 7 heteroatoms. The lowest BCUT2D eigenvalue weighted by atomic mass is 10.2. The average Bonchev–Trinajstić information content (AvgIpc) is 2.63. The number of imidazole rings is 1. The van der Waals surface area contributed by atoms with Gasteiger partial charge in [-0.2, -0.15) is 13.2 Å². The lowest BCUT2D eigenvalue weighted by Gasteiger charge is -2.10. The normalized spacial score (nSPS) is 12.5. The molecule has 2 aromatic rings. The van der Waals surface area contributed by atoms with E-state index >= 15 is 0 Å². The number of rotatable bonds is 4. The third-order valence-corrected chi connectivity index (χ3v) is 2.87. The molecule has 0 aliphatic heterocycles. The molecule has 20 heavy (non-hydrogen) atoms. The summed E-state index contributed by atoms with van der Waals surface area (Å²) in [4.78, 5) is 3.97. The number of nitrogens with zero attached hydrogens (tertiary/aromatic N) is 2. The monoisotopic (exact) mass is 287 g/mol. The molecular weight excluding hydrogens is 271 g/mol. The predicted octanol–water partition coefficient (Wildman–Crippen LogP) is 3.06. The van der Waals surface area contributed by atoms with Crippen molar-refractivity contribution >= 4 is 17.0 Å². The summed E-state index contributed by atoms with van der Waals surface area (Å²) >= 11 is 0. The second-order valence-corrected chi connectivity index (χ2v) is 4.74. The van der Waals surface area contributed by atoms with Crippen LogP contribution in [0.15, 0.2) is 18.2 Å². The first kappa shape index (κ1) is 14.6. The van der Waals surface area contributed by atoms with E-state index in [2.05, 4.69) is 4.98 Å². The Hall–Kier alpha value is -1.76. The summed E-state index contributed by atoms with van der Waals surface area (Å²) in [6.07, 6.45) is -4.30. The highest BCUT2D eigenvalue weighted by molar-refractivity contribution is 5.79. The van der Waals surface area contributed by atoms with Gasteiger partial charge in [-0.1, -0.05) is 0 Å². The van der Waals surface area contributed by atoms with Gasteiger partial charge in [-0.25, -0.2) is 4.98 Å². The minimum absolute atomic E-state index is 0.0860. The van der Waals surface area contributed by atoms with Gasteiger partial charge >= 0.3 is 6.18 Å². The Labute approximate surface area is 114 Å². The van der Waals surface area contributed by atoms with Gasteiger partial charge in [0.15, 0.2) is 0 Å². The molecule has 2 rings (SSSR count). The van der Waals surface area contributed by atoms with Crippen molar-refractivity contribution in [2.75, 3.05) is 12.3 Å². The highest BCUT2D eigenvalue weighted by atomic mass is 19.4. The Kier molecular flexibility index (Phi) is 3.89. The highest BCUT2D eigenvalue weighted by Crippen LogP contribution is 2.31. The Balaban J connectivity index is 2.30. The van der Waals surface area contributed by atoms with Crippen LogP contribution in [0.2, 0.25) is 0 Å². The SMILES string of the molecule is CC(C)OCCn1c(N)nc2cc(C(F)(F)F)ccc21. The largest absolute Gasteiger partial charge is 0.416 e. The van der Waals surface area contributed by atoms with E-state index in [0.717, 1.165) is 12.1 Å². The molecule has 0 bridgehead atoms. The maximum absolute atomic E-state index is 12.6. The van der Waals surface area contributed by atoms with E-state index in [1.807, 2.05) is 13.8 Å². The molecule has 0 amide bonds. The lowest BCUT2D eigenvalue weighted by Crippen LogP contribution is -2.12. The molecule has 0 saturated heterocycles. The fourth-order valence-electron chi connectivity index (χ4n) is 1.94. The van der Waals surface area contributed by atoms with Crippen molar-refractivity contribution in [3.8, 4) is 0 Å². The number of benzene rings is 1. The zero-order valence-corrected chi connectivity index (χ0v) is 11.2. The molecule has 4 nitrogen and oxygen atoms in total. The lowest BCUT2D eigenvalue weighted by molar-refractivity contribution is -0.137. The van der Waals surface area contributed by atoms with Crippen molar-refractivity contribution in [1.29, 1.82) is 0 Å². The van der Waals surface area contributed by atoms with Crippen LogP contribution in [0.25, 0.3) is 11.0 Å². The Morgan fingerprint density at radius 1 is 1.35 bits per heavy atom. The van der Waals surface area contributed by atoms with Gasteiger partial charge in [-0.3, -0.25) is 0 Å². The third kappa shape index (κ3) is 3.04. The number of nitrogen functional groups attached to an aromatic ring is 1. The third-order valence-electron chi connectivity index (χ3n) is 2.87. The zero-order valence-electron chi connectivity index (χ0n) is 11.2. The van der Waals surface area contributed by atoms with Crippen LogP contribution in [0, 0.1) is 0 Å². The fraction of sp³-hybridized carbons (Fsp3) is 0.462. The summed E-state index contributed by atoms with van der Waals surface area (Å²) in [6, 6.07) is 3.42. The molecule has 0 fully saturated rings. The minimum Gasteiger partial charge on any atom is -0.377 e. The predicted molar refractivity (Wildman–Crippen MR) is 70.2 cm³/mol. The van der Waals surface area contributed by atoms with E-state index in [9.17, 15) is 13.2 Å². The summed E-state index contributed by atoms with van der Waals surface area (Å²) < 4.78 is 44.9. The Morgan fingerprint density at radius 3 is 2.65 bits per heavy atom. The van der Waals surface area contributed by atoms with Crippen LogP contribution in [0.5, 0.6) is 0 Å². The standard InChI is InChI=1S/C13H16F3N3O/c1-8(2)20-6-5-19-11-4-3-9(13(14,15)16)7-10(11)18-12(19)17/h3-4,7-8H,5-6H2,1-2H3,(H2,17,18). The minimum atomic E-state index is -4.38. The van der Waals surface area contributed by atoms with Gasteiger partial charge in [0, 0.05) is 6.54 Å². The summed E-state index contributed by atoms with van der Waals surface area (Å²) in [6.45, 7) is 4.69. The zero-order chi connectivity index (χ0) is 14.9. The maximum atomic E-state index is 12.6. The molecule has 0 unspecified atom stereocenters. The van der Waals surface area contributed by atoms with Crippen molar-refractivity contribution < 1.29 is 17.9 Å². The van der Waals surface area contributed by atoms with Gasteiger partial charge in [-0.15, -0.1) is 0 Å². The fourth-order valence-corrected chi connectivity index (χ4v) is 1.94. The molecule has 1 heterocycles. The molecule has 0 spiro atoms. The van der Waals surface area contributed by atoms with Gasteiger partial charge in [0.05, 0.1) is 29.3 Å². The van der Waals surface area contributed by atoms with Gasteiger partial charge in [0.2, 0.25) is 5.95 Å². The quantitative estimate of drug-likeness (QED) is 0.940. The smallest absolute Gasteiger partial charge is 0.377 e. The van der Waals surface area contributed by atoms with E-state index in [4.69, 9.17) is 10.5 Å². The average molecular weight is 287 g/mol. The molecule has 1 aromatic heterocycles. The van der Waals surface area contributed by atoms with Crippen molar-refractivity contribution in [3.05, 3.63) is 23.8 Å². The van der Waals surface area contributed by atoms with Gasteiger partial charge in [0.25, 0.3) is 0 Å². The number of anilines is 1. The molecule has 2 N–H and O–H groups in total. The van der Waals surface area contributed by atoms with E-state index in [-0.39, 0.29) is 17.6 Å². The molecule has 0 atom stereocenters. The highest BCUT2D eigenvalue weighted by Gasteiger charge is 2.31. The first-order valence-corrected chi connectivity index (χ1v) is 6.23. The number of hydrogen-bond donors (Lipinski definition) is 1. The number of alkyl halides is 3. The summed E-state index contributed by atoms with van der Waals surface area (Å²) in [5.74, 6) is 0.187.